The average Bonchev–Trinajstić information content (AvgIpc) is 3.24. The Labute approximate surface area is 166 Å². The lowest BCUT2D eigenvalue weighted by Gasteiger charge is -2.23. The van der Waals surface area contributed by atoms with Crippen molar-refractivity contribution >= 4 is 10.0 Å². The first-order valence-electron chi connectivity index (χ1n) is 10.2. The maximum Gasteiger partial charge on any atom is 0.244 e. The zero-order valence-electron chi connectivity index (χ0n) is 18.3. The van der Waals surface area contributed by atoms with Crippen molar-refractivity contribution in [2.24, 2.45) is 5.92 Å². The Morgan fingerprint density at radius 3 is 1.67 bits per heavy atom. The monoisotopic (exact) mass is 395 g/mol. The molecule has 4 atom stereocenters. The van der Waals surface area contributed by atoms with Crippen molar-refractivity contribution in [3.8, 4) is 0 Å². The third-order valence-electron chi connectivity index (χ3n) is 5.75. The summed E-state index contributed by atoms with van der Waals surface area (Å²) in [4.78, 5) is 0.460. The van der Waals surface area contributed by atoms with E-state index >= 15 is 0 Å². The smallest absolute Gasteiger partial charge is 0.244 e. The van der Waals surface area contributed by atoms with Crippen molar-refractivity contribution in [3.63, 3.8) is 0 Å². The predicted octanol–water partition coefficient (Wildman–Crippen LogP) is 4.84. The molecule has 154 valence electrons. The third-order valence-corrected chi connectivity index (χ3v) is 7.87. The number of rotatable bonds is 7. The van der Waals surface area contributed by atoms with Gasteiger partial charge in [-0.05, 0) is 47.3 Å². The van der Waals surface area contributed by atoms with Crippen LogP contribution < -0.4 is 0 Å². The second-order valence-corrected chi connectivity index (χ2v) is 11.1. The molecule has 27 heavy (non-hydrogen) atoms. The van der Waals surface area contributed by atoms with Gasteiger partial charge in [0.15, 0.2) is 0 Å². The van der Waals surface area contributed by atoms with Gasteiger partial charge >= 0.3 is 0 Å². The molecule has 1 unspecified atom stereocenters. The molecule has 0 bridgehead atoms. The molecule has 0 radical (unpaired) electrons. The molecule has 1 aromatic carbocycles. The van der Waals surface area contributed by atoms with Gasteiger partial charge in [0, 0.05) is 6.04 Å². The standard InChI is InChI=1S/C22H37NO3S/c1-12(2)17-10-18(13(3)4)22(19(11-17)14(5)6)27(25,26)23-16(9)20(23)21(24)15(7)8/h10-16,20-21,24H,1-9H3/t16-,20+,21+,23?/m1/s1. The molecule has 1 saturated heterocycles. The highest BCUT2D eigenvalue weighted by atomic mass is 32.2. The van der Waals surface area contributed by atoms with Crippen LogP contribution in [0.4, 0.5) is 0 Å². The fraction of sp³-hybridized carbons (Fsp3) is 0.727. The first-order chi connectivity index (χ1) is 12.3. The number of aliphatic hydroxyl groups excluding tert-OH is 1. The summed E-state index contributed by atoms with van der Waals surface area (Å²) < 4.78 is 28.9. The molecule has 0 amide bonds. The zero-order valence-corrected chi connectivity index (χ0v) is 19.1. The summed E-state index contributed by atoms with van der Waals surface area (Å²) in [5.74, 6) is 0.576. The van der Waals surface area contributed by atoms with E-state index in [2.05, 4.69) is 53.7 Å². The van der Waals surface area contributed by atoms with Crippen molar-refractivity contribution in [2.45, 2.75) is 103 Å². The maximum atomic E-state index is 13.7. The highest BCUT2D eigenvalue weighted by Gasteiger charge is 2.57. The maximum absolute atomic E-state index is 13.7. The second-order valence-electron chi connectivity index (χ2n) is 9.29. The summed E-state index contributed by atoms with van der Waals surface area (Å²) >= 11 is 0. The summed E-state index contributed by atoms with van der Waals surface area (Å²) in [6, 6.07) is 3.63. The number of aliphatic hydroxyl groups is 1. The molecule has 0 saturated carbocycles. The Morgan fingerprint density at radius 2 is 1.33 bits per heavy atom. The molecule has 1 aliphatic heterocycles. The molecule has 1 heterocycles. The molecule has 0 aromatic heterocycles. The Hall–Kier alpha value is -0.910. The van der Waals surface area contributed by atoms with Crippen LogP contribution in [0.15, 0.2) is 17.0 Å². The lowest BCUT2D eigenvalue weighted by atomic mass is 9.89. The van der Waals surface area contributed by atoms with E-state index < -0.39 is 16.1 Å². The van der Waals surface area contributed by atoms with Gasteiger partial charge in [0.2, 0.25) is 10.0 Å². The molecule has 0 aliphatic carbocycles. The molecule has 5 heteroatoms. The van der Waals surface area contributed by atoms with E-state index in [9.17, 15) is 13.5 Å². The van der Waals surface area contributed by atoms with Crippen LogP contribution in [0.5, 0.6) is 0 Å². The quantitative estimate of drug-likeness (QED) is 0.672. The van der Waals surface area contributed by atoms with Gasteiger partial charge in [-0.25, -0.2) is 8.42 Å². The van der Waals surface area contributed by atoms with Crippen LogP contribution in [0.1, 0.15) is 96.8 Å². The van der Waals surface area contributed by atoms with Gasteiger partial charge in [0.1, 0.15) is 0 Å². The number of nitrogens with zero attached hydrogens (tertiary/aromatic N) is 1. The van der Waals surface area contributed by atoms with Crippen molar-refractivity contribution in [3.05, 3.63) is 28.8 Å². The first kappa shape index (κ1) is 22.4. The molecule has 4 nitrogen and oxygen atoms in total. The van der Waals surface area contributed by atoms with Crippen LogP contribution in [-0.4, -0.2) is 36.0 Å². The Kier molecular flexibility index (Phi) is 6.50. The van der Waals surface area contributed by atoms with Crippen LogP contribution in [0.3, 0.4) is 0 Å². The topological polar surface area (TPSA) is 57.4 Å². The van der Waals surface area contributed by atoms with Crippen LogP contribution >= 0.6 is 0 Å². The van der Waals surface area contributed by atoms with Gasteiger partial charge in [-0.2, -0.15) is 4.31 Å². The van der Waals surface area contributed by atoms with Gasteiger partial charge in [-0.1, -0.05) is 67.5 Å². The minimum atomic E-state index is -3.66. The van der Waals surface area contributed by atoms with E-state index in [4.69, 9.17) is 0 Å². The second kappa shape index (κ2) is 7.84. The Morgan fingerprint density at radius 1 is 0.889 bits per heavy atom. The molecule has 1 fully saturated rings. The van der Waals surface area contributed by atoms with Crippen molar-refractivity contribution in [1.29, 1.82) is 0 Å². The molecular weight excluding hydrogens is 358 g/mol. The van der Waals surface area contributed by atoms with E-state index in [1.807, 2.05) is 20.8 Å². The minimum Gasteiger partial charge on any atom is -0.391 e. The van der Waals surface area contributed by atoms with Crippen molar-refractivity contribution in [1.82, 2.24) is 4.31 Å². The zero-order chi connectivity index (χ0) is 20.8. The fourth-order valence-corrected chi connectivity index (χ4v) is 6.37. The lowest BCUT2D eigenvalue weighted by molar-refractivity contribution is 0.116. The van der Waals surface area contributed by atoms with Crippen LogP contribution in [-0.2, 0) is 10.0 Å². The van der Waals surface area contributed by atoms with E-state index in [0.717, 1.165) is 11.1 Å². The predicted molar refractivity (Wildman–Crippen MR) is 112 cm³/mol. The first-order valence-corrected chi connectivity index (χ1v) is 11.7. The summed E-state index contributed by atoms with van der Waals surface area (Å²) in [6.45, 7) is 18.2. The lowest BCUT2D eigenvalue weighted by Crippen LogP contribution is -2.28. The van der Waals surface area contributed by atoms with Gasteiger partial charge in [0.25, 0.3) is 0 Å². The summed E-state index contributed by atoms with van der Waals surface area (Å²) in [5, 5.41) is 10.5. The van der Waals surface area contributed by atoms with E-state index in [-0.39, 0.29) is 29.8 Å². The van der Waals surface area contributed by atoms with Gasteiger partial charge in [0.05, 0.1) is 17.0 Å². The number of sulfonamides is 1. The molecular formula is C22H37NO3S. The Bertz CT molecular complexity index is 752. The highest BCUT2D eigenvalue weighted by molar-refractivity contribution is 7.89. The average molecular weight is 396 g/mol. The van der Waals surface area contributed by atoms with Gasteiger partial charge in [-0.15, -0.1) is 0 Å². The molecule has 1 aromatic rings. The van der Waals surface area contributed by atoms with Crippen molar-refractivity contribution in [2.75, 3.05) is 0 Å². The fourth-order valence-electron chi connectivity index (χ4n) is 3.85. The normalized spacial score (nSPS) is 24.3. The van der Waals surface area contributed by atoms with Crippen molar-refractivity contribution < 1.29 is 13.5 Å². The number of hydrogen-bond acceptors (Lipinski definition) is 3. The largest absolute Gasteiger partial charge is 0.391 e. The van der Waals surface area contributed by atoms with Gasteiger partial charge < -0.3 is 5.11 Å². The summed E-state index contributed by atoms with van der Waals surface area (Å²) in [5.41, 5.74) is 2.96. The molecule has 1 aliphatic rings. The van der Waals surface area contributed by atoms with Crippen LogP contribution in [0.2, 0.25) is 0 Å². The van der Waals surface area contributed by atoms with Gasteiger partial charge in [-0.3, -0.25) is 0 Å². The third kappa shape index (κ3) is 4.10. The molecule has 0 spiro atoms. The van der Waals surface area contributed by atoms with E-state index in [0.29, 0.717) is 10.8 Å². The SMILES string of the molecule is CC(C)c1cc(C(C)C)c(S(=O)(=O)N2[C@H]([C@@H](O)C(C)C)[C@H]2C)c(C(C)C)c1. The van der Waals surface area contributed by atoms with Crippen LogP contribution in [0.25, 0.3) is 0 Å². The summed E-state index contributed by atoms with van der Waals surface area (Å²) in [6.07, 6.45) is -0.644. The Balaban J connectivity index is 2.66. The highest BCUT2D eigenvalue weighted by Crippen LogP contribution is 2.44. The molecule has 2 rings (SSSR count). The number of benzene rings is 1. The minimum absolute atomic E-state index is 0.0232. The summed E-state index contributed by atoms with van der Waals surface area (Å²) in [7, 11) is -3.66. The number of hydrogen-bond donors (Lipinski definition) is 1. The molecule has 1 N–H and O–H groups in total. The van der Waals surface area contributed by atoms with E-state index in [1.165, 1.54) is 9.87 Å². The van der Waals surface area contributed by atoms with Crippen LogP contribution in [0, 0.1) is 5.92 Å². The van der Waals surface area contributed by atoms with E-state index in [1.54, 1.807) is 0 Å².